The number of rotatable bonds is 4. The van der Waals surface area contributed by atoms with Gasteiger partial charge >= 0.3 is 0 Å². The molecule has 0 radical (unpaired) electrons. The van der Waals surface area contributed by atoms with Gasteiger partial charge in [-0.1, -0.05) is 13.3 Å². The monoisotopic (exact) mass is 312 g/mol. The van der Waals surface area contributed by atoms with E-state index in [9.17, 15) is 9.59 Å². The number of pyridine rings is 1. The molecule has 0 aliphatic heterocycles. The Hall–Kier alpha value is -3.03. The molecule has 8 heteroatoms. The van der Waals surface area contributed by atoms with Crippen LogP contribution in [-0.2, 0) is 13.5 Å². The number of nitrogens with zero attached hydrogens (tertiary/aromatic N) is 4. The highest BCUT2D eigenvalue weighted by atomic mass is 16.2. The number of H-pyrrole nitrogens is 1. The summed E-state index contributed by atoms with van der Waals surface area (Å²) in [5.74, 6) is -0.162. The molecule has 3 rings (SSSR count). The van der Waals surface area contributed by atoms with Crippen molar-refractivity contribution >= 4 is 22.8 Å². The molecule has 0 saturated heterocycles. The predicted octanol–water partition coefficient (Wildman–Crippen LogP) is 1.26. The van der Waals surface area contributed by atoms with E-state index in [2.05, 4.69) is 25.4 Å². The molecule has 1 amide bonds. The number of aromatic amines is 1. The third kappa shape index (κ3) is 2.96. The summed E-state index contributed by atoms with van der Waals surface area (Å²) in [6.07, 6.45) is 6.06. The molecule has 0 unspecified atom stereocenters. The van der Waals surface area contributed by atoms with Crippen molar-refractivity contribution in [2.24, 2.45) is 7.05 Å². The van der Waals surface area contributed by atoms with Gasteiger partial charge in [0.15, 0.2) is 0 Å². The standard InChI is InChI=1S/C15H16N6O2/c1-3-4-10-12-11(5-6-16-14(12)23)19-15(18-10)20-13(22)9-7-17-21(2)8-9/h5-8H,3-4H2,1-2H3,(H,16,23)(H,18,19,20,22). The molecule has 0 atom stereocenters. The zero-order valence-corrected chi connectivity index (χ0v) is 12.8. The number of nitrogens with one attached hydrogen (secondary N) is 2. The summed E-state index contributed by atoms with van der Waals surface area (Å²) in [6, 6.07) is 1.69. The van der Waals surface area contributed by atoms with Crippen LogP contribution >= 0.6 is 0 Å². The molecule has 3 heterocycles. The molecule has 2 N–H and O–H groups in total. The molecule has 8 nitrogen and oxygen atoms in total. The van der Waals surface area contributed by atoms with Crippen LogP contribution in [0.5, 0.6) is 0 Å². The number of carbonyl (C=O) groups is 1. The summed E-state index contributed by atoms with van der Waals surface area (Å²) >= 11 is 0. The van der Waals surface area contributed by atoms with Crippen molar-refractivity contribution in [3.8, 4) is 0 Å². The molecular weight excluding hydrogens is 296 g/mol. The highest BCUT2D eigenvalue weighted by Crippen LogP contribution is 2.15. The molecule has 23 heavy (non-hydrogen) atoms. The van der Waals surface area contributed by atoms with E-state index in [0.717, 1.165) is 6.42 Å². The first kappa shape index (κ1) is 14.9. The van der Waals surface area contributed by atoms with Gasteiger partial charge in [0.1, 0.15) is 0 Å². The maximum Gasteiger partial charge on any atom is 0.261 e. The lowest BCUT2D eigenvalue weighted by Crippen LogP contribution is -2.16. The minimum Gasteiger partial charge on any atom is -0.328 e. The molecule has 0 spiro atoms. The second kappa shape index (κ2) is 5.99. The Morgan fingerprint density at radius 3 is 2.91 bits per heavy atom. The fourth-order valence-corrected chi connectivity index (χ4v) is 2.35. The maximum absolute atomic E-state index is 12.2. The summed E-state index contributed by atoms with van der Waals surface area (Å²) in [6.45, 7) is 2.00. The second-order valence-corrected chi connectivity index (χ2v) is 5.17. The molecule has 0 bridgehead atoms. The van der Waals surface area contributed by atoms with Gasteiger partial charge in [0.25, 0.3) is 11.5 Å². The third-order valence-corrected chi connectivity index (χ3v) is 3.37. The summed E-state index contributed by atoms with van der Waals surface area (Å²) in [7, 11) is 1.73. The number of fused-ring (bicyclic) bond motifs is 1. The largest absolute Gasteiger partial charge is 0.328 e. The van der Waals surface area contributed by atoms with E-state index in [1.807, 2.05) is 6.92 Å². The number of amides is 1. The molecule has 3 aromatic heterocycles. The number of carbonyl (C=O) groups excluding carboxylic acids is 1. The summed E-state index contributed by atoms with van der Waals surface area (Å²) < 4.78 is 1.54. The predicted molar refractivity (Wildman–Crippen MR) is 85.3 cm³/mol. The zero-order chi connectivity index (χ0) is 16.4. The number of hydrogen-bond acceptors (Lipinski definition) is 5. The topological polar surface area (TPSA) is 106 Å². The Bertz CT molecular complexity index is 927. The van der Waals surface area contributed by atoms with Gasteiger partial charge in [-0.2, -0.15) is 5.10 Å². The van der Waals surface area contributed by atoms with Crippen molar-refractivity contribution in [2.75, 3.05) is 5.32 Å². The van der Waals surface area contributed by atoms with Crippen molar-refractivity contribution in [1.29, 1.82) is 0 Å². The number of aryl methyl sites for hydroxylation is 2. The molecule has 118 valence electrons. The van der Waals surface area contributed by atoms with Crippen molar-refractivity contribution < 1.29 is 4.79 Å². The van der Waals surface area contributed by atoms with Crippen LogP contribution in [0.15, 0.2) is 29.5 Å². The van der Waals surface area contributed by atoms with Crippen LogP contribution in [0, 0.1) is 0 Å². The van der Waals surface area contributed by atoms with Crippen LogP contribution in [0.2, 0.25) is 0 Å². The SMILES string of the molecule is CCCc1nc(NC(=O)c2cnn(C)c2)nc2cc[nH]c(=O)c12. The van der Waals surface area contributed by atoms with E-state index in [1.165, 1.54) is 17.1 Å². The normalized spacial score (nSPS) is 10.9. The van der Waals surface area contributed by atoms with Crippen molar-refractivity contribution in [3.63, 3.8) is 0 Å². The smallest absolute Gasteiger partial charge is 0.261 e. The van der Waals surface area contributed by atoms with E-state index in [0.29, 0.717) is 28.6 Å². The van der Waals surface area contributed by atoms with Crippen LogP contribution in [-0.4, -0.2) is 30.6 Å². The fourth-order valence-electron chi connectivity index (χ4n) is 2.35. The molecule has 3 aromatic rings. The Balaban J connectivity index is 2.01. The van der Waals surface area contributed by atoms with Crippen LogP contribution in [0.3, 0.4) is 0 Å². The number of aromatic nitrogens is 5. The van der Waals surface area contributed by atoms with Crippen LogP contribution in [0.25, 0.3) is 10.9 Å². The van der Waals surface area contributed by atoms with Crippen LogP contribution in [0.4, 0.5) is 5.95 Å². The molecule has 0 aromatic carbocycles. The number of hydrogen-bond donors (Lipinski definition) is 2. The Morgan fingerprint density at radius 1 is 1.39 bits per heavy atom. The lowest BCUT2D eigenvalue weighted by Gasteiger charge is -2.07. The van der Waals surface area contributed by atoms with E-state index in [1.54, 1.807) is 19.3 Å². The van der Waals surface area contributed by atoms with Crippen molar-refractivity contribution in [1.82, 2.24) is 24.7 Å². The molecular formula is C15H16N6O2. The summed E-state index contributed by atoms with van der Waals surface area (Å²) in [5, 5.41) is 7.08. The van der Waals surface area contributed by atoms with E-state index in [-0.39, 0.29) is 17.4 Å². The number of anilines is 1. The molecule has 0 fully saturated rings. The second-order valence-electron chi connectivity index (χ2n) is 5.17. The van der Waals surface area contributed by atoms with Crippen LogP contribution < -0.4 is 10.9 Å². The van der Waals surface area contributed by atoms with Gasteiger partial charge in [0, 0.05) is 19.4 Å². The fraction of sp³-hybridized carbons (Fsp3) is 0.267. The van der Waals surface area contributed by atoms with Crippen molar-refractivity contribution in [3.05, 3.63) is 46.3 Å². The quantitative estimate of drug-likeness (QED) is 0.754. The minimum atomic E-state index is -0.343. The average molecular weight is 312 g/mol. The first-order valence-corrected chi connectivity index (χ1v) is 7.26. The average Bonchev–Trinajstić information content (AvgIpc) is 2.94. The first-order valence-electron chi connectivity index (χ1n) is 7.26. The Morgan fingerprint density at radius 2 is 2.22 bits per heavy atom. The highest BCUT2D eigenvalue weighted by molar-refractivity contribution is 6.03. The minimum absolute atomic E-state index is 0.181. The van der Waals surface area contributed by atoms with Gasteiger partial charge in [-0.3, -0.25) is 19.6 Å². The first-order chi connectivity index (χ1) is 11.1. The van der Waals surface area contributed by atoms with Gasteiger partial charge < -0.3 is 4.98 Å². The van der Waals surface area contributed by atoms with Gasteiger partial charge in [0.05, 0.1) is 28.4 Å². The Kier molecular flexibility index (Phi) is 3.88. The lowest BCUT2D eigenvalue weighted by atomic mass is 10.1. The molecule has 0 aliphatic rings. The van der Waals surface area contributed by atoms with Crippen LogP contribution in [0.1, 0.15) is 29.4 Å². The van der Waals surface area contributed by atoms with Crippen molar-refractivity contribution in [2.45, 2.75) is 19.8 Å². The highest BCUT2D eigenvalue weighted by Gasteiger charge is 2.14. The summed E-state index contributed by atoms with van der Waals surface area (Å²) in [5.41, 5.74) is 1.32. The Labute approximate surface area is 131 Å². The lowest BCUT2D eigenvalue weighted by molar-refractivity contribution is 0.102. The van der Waals surface area contributed by atoms with Gasteiger partial charge in [-0.05, 0) is 12.5 Å². The van der Waals surface area contributed by atoms with E-state index < -0.39 is 0 Å². The molecule has 0 aliphatic carbocycles. The van der Waals surface area contributed by atoms with E-state index >= 15 is 0 Å². The molecule has 0 saturated carbocycles. The zero-order valence-electron chi connectivity index (χ0n) is 12.8. The maximum atomic E-state index is 12.2. The third-order valence-electron chi connectivity index (χ3n) is 3.37. The van der Waals surface area contributed by atoms with Gasteiger partial charge in [-0.25, -0.2) is 9.97 Å². The summed E-state index contributed by atoms with van der Waals surface area (Å²) in [4.78, 5) is 35.4. The van der Waals surface area contributed by atoms with Gasteiger partial charge in [-0.15, -0.1) is 0 Å². The van der Waals surface area contributed by atoms with E-state index in [4.69, 9.17) is 0 Å². The van der Waals surface area contributed by atoms with Gasteiger partial charge in [0.2, 0.25) is 5.95 Å².